The predicted octanol–water partition coefficient (Wildman–Crippen LogP) is 1.89. The van der Waals surface area contributed by atoms with E-state index in [1.165, 1.54) is 31.2 Å². The van der Waals surface area contributed by atoms with Gasteiger partial charge in [-0.15, -0.1) is 0 Å². The SMILES string of the molecule is Cc1cccc(C(=O)NCC(=O)NCC(C)(O)c2ccc(F)cc2)c1. The topological polar surface area (TPSA) is 78.4 Å². The van der Waals surface area contributed by atoms with Crippen LogP contribution in [0.15, 0.2) is 48.5 Å². The van der Waals surface area contributed by atoms with Crippen LogP contribution < -0.4 is 10.6 Å². The quantitative estimate of drug-likeness (QED) is 0.749. The predicted molar refractivity (Wildman–Crippen MR) is 92.5 cm³/mol. The second-order valence-electron chi connectivity index (χ2n) is 6.11. The van der Waals surface area contributed by atoms with E-state index in [0.29, 0.717) is 11.1 Å². The molecule has 0 aliphatic carbocycles. The maximum atomic E-state index is 12.9. The largest absolute Gasteiger partial charge is 0.384 e. The summed E-state index contributed by atoms with van der Waals surface area (Å²) in [5, 5.41) is 15.5. The molecular formula is C19H21FN2O3. The van der Waals surface area contributed by atoms with Crippen molar-refractivity contribution in [1.82, 2.24) is 10.6 Å². The number of nitrogens with one attached hydrogen (secondary N) is 2. The van der Waals surface area contributed by atoms with Crippen LogP contribution in [0.2, 0.25) is 0 Å². The van der Waals surface area contributed by atoms with Crippen LogP contribution in [0.1, 0.15) is 28.4 Å². The first-order chi connectivity index (χ1) is 11.8. The Hall–Kier alpha value is -2.73. The molecular weight excluding hydrogens is 323 g/mol. The lowest BCUT2D eigenvalue weighted by molar-refractivity contribution is -0.121. The Labute approximate surface area is 145 Å². The molecule has 3 N–H and O–H groups in total. The lowest BCUT2D eigenvalue weighted by Gasteiger charge is -2.24. The Morgan fingerprint density at radius 3 is 2.44 bits per heavy atom. The third-order valence-electron chi connectivity index (χ3n) is 3.79. The van der Waals surface area contributed by atoms with Crippen molar-refractivity contribution in [2.24, 2.45) is 0 Å². The van der Waals surface area contributed by atoms with Crippen molar-refractivity contribution in [2.45, 2.75) is 19.4 Å². The van der Waals surface area contributed by atoms with Gasteiger partial charge in [-0.05, 0) is 43.7 Å². The highest BCUT2D eigenvalue weighted by molar-refractivity contribution is 5.96. The summed E-state index contributed by atoms with van der Waals surface area (Å²) in [4.78, 5) is 23.9. The zero-order valence-corrected chi connectivity index (χ0v) is 14.2. The third-order valence-corrected chi connectivity index (χ3v) is 3.79. The summed E-state index contributed by atoms with van der Waals surface area (Å²) >= 11 is 0. The molecule has 0 heterocycles. The van der Waals surface area contributed by atoms with Crippen molar-refractivity contribution in [3.8, 4) is 0 Å². The van der Waals surface area contributed by atoms with E-state index in [2.05, 4.69) is 10.6 Å². The zero-order chi connectivity index (χ0) is 18.4. The molecule has 0 radical (unpaired) electrons. The van der Waals surface area contributed by atoms with Gasteiger partial charge >= 0.3 is 0 Å². The molecule has 6 heteroatoms. The number of hydrogen-bond donors (Lipinski definition) is 3. The Bertz CT molecular complexity index is 758. The molecule has 0 bridgehead atoms. The van der Waals surface area contributed by atoms with Crippen molar-refractivity contribution in [3.63, 3.8) is 0 Å². The maximum absolute atomic E-state index is 12.9. The highest BCUT2D eigenvalue weighted by Crippen LogP contribution is 2.19. The van der Waals surface area contributed by atoms with Gasteiger partial charge in [0.25, 0.3) is 5.91 Å². The van der Waals surface area contributed by atoms with E-state index < -0.39 is 17.3 Å². The number of halogens is 1. The van der Waals surface area contributed by atoms with Crippen LogP contribution >= 0.6 is 0 Å². The van der Waals surface area contributed by atoms with Crippen LogP contribution in [0.3, 0.4) is 0 Å². The number of aryl methyl sites for hydroxylation is 1. The highest BCUT2D eigenvalue weighted by atomic mass is 19.1. The van der Waals surface area contributed by atoms with E-state index in [4.69, 9.17) is 0 Å². The fourth-order valence-electron chi connectivity index (χ4n) is 2.29. The van der Waals surface area contributed by atoms with E-state index in [1.54, 1.807) is 18.2 Å². The fourth-order valence-corrected chi connectivity index (χ4v) is 2.29. The molecule has 5 nitrogen and oxygen atoms in total. The number of rotatable bonds is 6. The summed E-state index contributed by atoms with van der Waals surface area (Å²) in [7, 11) is 0. The molecule has 25 heavy (non-hydrogen) atoms. The van der Waals surface area contributed by atoms with Crippen LogP contribution in [0, 0.1) is 12.7 Å². The van der Waals surface area contributed by atoms with E-state index in [1.807, 2.05) is 13.0 Å². The smallest absolute Gasteiger partial charge is 0.251 e. The summed E-state index contributed by atoms with van der Waals surface area (Å²) < 4.78 is 12.9. The first-order valence-electron chi connectivity index (χ1n) is 7.88. The summed E-state index contributed by atoms with van der Waals surface area (Å²) in [6.45, 7) is 3.14. The van der Waals surface area contributed by atoms with Crippen LogP contribution in [-0.2, 0) is 10.4 Å². The van der Waals surface area contributed by atoms with Crippen LogP contribution in [-0.4, -0.2) is 30.0 Å². The van der Waals surface area contributed by atoms with Crippen LogP contribution in [0.5, 0.6) is 0 Å². The van der Waals surface area contributed by atoms with Gasteiger partial charge in [-0.2, -0.15) is 0 Å². The molecule has 132 valence electrons. The minimum atomic E-state index is -1.34. The lowest BCUT2D eigenvalue weighted by atomic mass is 9.96. The lowest BCUT2D eigenvalue weighted by Crippen LogP contribution is -2.43. The Morgan fingerprint density at radius 2 is 1.80 bits per heavy atom. The number of carbonyl (C=O) groups is 2. The zero-order valence-electron chi connectivity index (χ0n) is 14.2. The highest BCUT2D eigenvalue weighted by Gasteiger charge is 2.23. The van der Waals surface area contributed by atoms with E-state index in [0.717, 1.165) is 5.56 Å². The molecule has 0 aromatic heterocycles. The molecule has 2 amide bonds. The molecule has 0 fully saturated rings. The molecule has 0 aliphatic heterocycles. The van der Waals surface area contributed by atoms with Gasteiger partial charge in [0.2, 0.25) is 5.91 Å². The number of amides is 2. The van der Waals surface area contributed by atoms with Crippen LogP contribution in [0.25, 0.3) is 0 Å². The minimum absolute atomic E-state index is 0.0578. The normalized spacial score (nSPS) is 13.0. The fraction of sp³-hybridized carbons (Fsp3) is 0.263. The second kappa shape index (κ2) is 7.90. The Morgan fingerprint density at radius 1 is 1.12 bits per heavy atom. The Balaban J connectivity index is 1.84. The molecule has 2 aromatic carbocycles. The standard InChI is InChI=1S/C19H21FN2O3/c1-13-4-3-5-14(10-13)18(24)21-11-17(23)22-12-19(2,25)15-6-8-16(20)9-7-15/h3-10,25H,11-12H2,1-2H3,(H,21,24)(H,22,23). The van der Waals surface area contributed by atoms with Gasteiger partial charge in [0.05, 0.1) is 13.1 Å². The summed E-state index contributed by atoms with van der Waals surface area (Å²) in [6.07, 6.45) is 0. The van der Waals surface area contributed by atoms with Gasteiger partial charge in [0.15, 0.2) is 0 Å². The minimum Gasteiger partial charge on any atom is -0.384 e. The summed E-state index contributed by atoms with van der Waals surface area (Å²) in [5.41, 5.74) is 0.570. The van der Waals surface area contributed by atoms with E-state index >= 15 is 0 Å². The van der Waals surface area contributed by atoms with E-state index in [-0.39, 0.29) is 19.0 Å². The molecule has 0 spiro atoms. The number of aliphatic hydroxyl groups is 1. The van der Waals surface area contributed by atoms with Gasteiger partial charge in [-0.1, -0.05) is 29.8 Å². The second-order valence-corrected chi connectivity index (χ2v) is 6.11. The number of hydrogen-bond acceptors (Lipinski definition) is 3. The molecule has 1 atom stereocenters. The monoisotopic (exact) mass is 344 g/mol. The first kappa shape index (κ1) is 18.6. The van der Waals surface area contributed by atoms with Crippen molar-refractivity contribution < 1.29 is 19.1 Å². The molecule has 0 aliphatic rings. The van der Waals surface area contributed by atoms with Gasteiger partial charge < -0.3 is 15.7 Å². The number of benzene rings is 2. The molecule has 2 rings (SSSR count). The van der Waals surface area contributed by atoms with E-state index in [9.17, 15) is 19.1 Å². The average Bonchev–Trinajstić information content (AvgIpc) is 2.58. The van der Waals surface area contributed by atoms with Crippen LogP contribution in [0.4, 0.5) is 4.39 Å². The first-order valence-corrected chi connectivity index (χ1v) is 7.88. The van der Waals surface area contributed by atoms with Crippen molar-refractivity contribution in [3.05, 3.63) is 71.0 Å². The molecule has 2 aromatic rings. The third kappa shape index (κ3) is 5.39. The van der Waals surface area contributed by atoms with Gasteiger partial charge in [0, 0.05) is 5.56 Å². The Kier molecular flexibility index (Phi) is 5.88. The van der Waals surface area contributed by atoms with Crippen molar-refractivity contribution in [2.75, 3.05) is 13.1 Å². The maximum Gasteiger partial charge on any atom is 0.251 e. The average molecular weight is 344 g/mol. The molecule has 1 unspecified atom stereocenters. The van der Waals surface area contributed by atoms with Crippen molar-refractivity contribution in [1.29, 1.82) is 0 Å². The molecule has 0 saturated carbocycles. The summed E-state index contributed by atoms with van der Waals surface area (Å²) in [5.74, 6) is -1.17. The van der Waals surface area contributed by atoms with Crippen molar-refractivity contribution >= 4 is 11.8 Å². The number of carbonyl (C=O) groups excluding carboxylic acids is 2. The van der Waals surface area contributed by atoms with Gasteiger partial charge in [0.1, 0.15) is 11.4 Å². The van der Waals surface area contributed by atoms with Gasteiger partial charge in [-0.3, -0.25) is 9.59 Å². The van der Waals surface area contributed by atoms with Gasteiger partial charge in [-0.25, -0.2) is 4.39 Å². The summed E-state index contributed by atoms with van der Waals surface area (Å²) in [6, 6.07) is 12.4. The molecule has 0 saturated heterocycles.